The normalized spacial score (nSPS) is 13.9. The highest BCUT2D eigenvalue weighted by atomic mass is 16.1. The Balaban J connectivity index is 1.54. The van der Waals surface area contributed by atoms with E-state index in [1.54, 1.807) is 12.3 Å². The molecule has 1 saturated heterocycles. The molecule has 0 atom stereocenters. The maximum absolute atomic E-state index is 12.1. The molecule has 1 amide bonds. The first-order valence-corrected chi connectivity index (χ1v) is 9.48. The molecular weight excluding hydrogens is 324 g/mol. The van der Waals surface area contributed by atoms with Gasteiger partial charge in [-0.15, -0.1) is 0 Å². The Bertz CT molecular complexity index is 704. The summed E-state index contributed by atoms with van der Waals surface area (Å²) in [4.78, 5) is 18.7. The molecule has 0 aliphatic carbocycles. The molecule has 0 saturated carbocycles. The highest BCUT2D eigenvalue weighted by molar-refractivity contribution is 5.92. The number of aromatic nitrogens is 1. The molecule has 2 N–H and O–H groups in total. The third-order valence-corrected chi connectivity index (χ3v) is 4.63. The average Bonchev–Trinajstić information content (AvgIpc) is 3.17. The van der Waals surface area contributed by atoms with Crippen LogP contribution in [0.5, 0.6) is 0 Å². The quantitative estimate of drug-likeness (QED) is 0.784. The van der Waals surface area contributed by atoms with Gasteiger partial charge in [-0.05, 0) is 61.6 Å². The summed E-state index contributed by atoms with van der Waals surface area (Å²) in [6.07, 6.45) is 5.23. The smallest absolute Gasteiger partial charge is 0.269 e. The minimum Gasteiger partial charge on any atom is -0.372 e. The fourth-order valence-electron chi connectivity index (χ4n) is 3.06. The van der Waals surface area contributed by atoms with Gasteiger partial charge in [-0.3, -0.25) is 4.79 Å². The molecule has 1 aliphatic rings. The number of carbonyl (C=O) groups is 1. The van der Waals surface area contributed by atoms with Crippen molar-refractivity contribution >= 4 is 23.0 Å². The van der Waals surface area contributed by atoms with Crippen LogP contribution in [0.2, 0.25) is 0 Å². The van der Waals surface area contributed by atoms with E-state index < -0.39 is 0 Å². The zero-order chi connectivity index (χ0) is 18.4. The minimum atomic E-state index is -0.118. The number of nitrogens with zero attached hydrogens (tertiary/aromatic N) is 2. The number of rotatable bonds is 7. The summed E-state index contributed by atoms with van der Waals surface area (Å²) in [5.74, 6) is 0.457. The Morgan fingerprint density at radius 1 is 1.08 bits per heavy atom. The van der Waals surface area contributed by atoms with Gasteiger partial charge in [0.1, 0.15) is 5.69 Å². The summed E-state index contributed by atoms with van der Waals surface area (Å²) in [6, 6.07) is 12.1. The molecule has 1 aromatic heterocycles. The molecule has 3 rings (SSSR count). The fraction of sp³-hybridized carbons (Fsp3) is 0.429. The van der Waals surface area contributed by atoms with Gasteiger partial charge in [0.25, 0.3) is 5.91 Å². The molecule has 0 radical (unpaired) electrons. The first kappa shape index (κ1) is 18.2. The van der Waals surface area contributed by atoms with E-state index in [0.29, 0.717) is 18.2 Å². The van der Waals surface area contributed by atoms with Gasteiger partial charge >= 0.3 is 0 Å². The van der Waals surface area contributed by atoms with Gasteiger partial charge in [-0.25, -0.2) is 4.98 Å². The van der Waals surface area contributed by atoms with Crippen LogP contribution in [0.15, 0.2) is 42.6 Å². The standard InChI is InChI=1S/C21H28N4O/c1-16(2)11-12-22-21(26)20-10-7-18(15-23-20)24-17-5-8-19(9-6-17)25-13-3-4-14-25/h5-10,15-16,24H,3-4,11-14H2,1-2H3,(H,22,26). The van der Waals surface area contributed by atoms with Crippen molar-refractivity contribution in [3.8, 4) is 0 Å². The van der Waals surface area contributed by atoms with Gasteiger partial charge in [-0.1, -0.05) is 13.8 Å². The van der Waals surface area contributed by atoms with Crippen LogP contribution in [0, 0.1) is 5.92 Å². The monoisotopic (exact) mass is 352 g/mol. The van der Waals surface area contributed by atoms with Gasteiger partial charge in [0.2, 0.25) is 0 Å². The minimum absolute atomic E-state index is 0.118. The molecule has 5 heteroatoms. The Morgan fingerprint density at radius 2 is 1.77 bits per heavy atom. The van der Waals surface area contributed by atoms with Gasteiger partial charge in [0.05, 0.1) is 11.9 Å². The number of pyridine rings is 1. The van der Waals surface area contributed by atoms with Crippen LogP contribution in [0.3, 0.4) is 0 Å². The van der Waals surface area contributed by atoms with E-state index in [1.165, 1.54) is 18.5 Å². The summed E-state index contributed by atoms with van der Waals surface area (Å²) in [7, 11) is 0. The lowest BCUT2D eigenvalue weighted by Crippen LogP contribution is -2.26. The van der Waals surface area contributed by atoms with Crippen molar-refractivity contribution in [1.82, 2.24) is 10.3 Å². The van der Waals surface area contributed by atoms with Crippen LogP contribution in [0.1, 0.15) is 43.6 Å². The Labute approximate surface area is 155 Å². The molecule has 0 bridgehead atoms. The van der Waals surface area contributed by atoms with Crippen LogP contribution in [0.25, 0.3) is 0 Å². The Hall–Kier alpha value is -2.56. The molecule has 2 heterocycles. The third kappa shape index (κ3) is 4.97. The van der Waals surface area contributed by atoms with Gasteiger partial charge in [0.15, 0.2) is 0 Å². The molecule has 26 heavy (non-hydrogen) atoms. The van der Waals surface area contributed by atoms with Crippen LogP contribution in [-0.4, -0.2) is 30.5 Å². The van der Waals surface area contributed by atoms with Crippen molar-refractivity contribution in [3.63, 3.8) is 0 Å². The molecule has 138 valence electrons. The maximum Gasteiger partial charge on any atom is 0.269 e. The average molecular weight is 352 g/mol. The molecule has 0 unspecified atom stereocenters. The van der Waals surface area contributed by atoms with E-state index >= 15 is 0 Å². The highest BCUT2D eigenvalue weighted by Gasteiger charge is 2.12. The topological polar surface area (TPSA) is 57.3 Å². The number of anilines is 3. The summed E-state index contributed by atoms with van der Waals surface area (Å²) < 4.78 is 0. The Morgan fingerprint density at radius 3 is 2.38 bits per heavy atom. The first-order chi connectivity index (χ1) is 12.6. The van der Waals surface area contributed by atoms with Crippen LogP contribution >= 0.6 is 0 Å². The van der Waals surface area contributed by atoms with Crippen molar-refractivity contribution in [3.05, 3.63) is 48.3 Å². The van der Waals surface area contributed by atoms with E-state index in [2.05, 4.69) is 58.6 Å². The molecule has 1 aliphatic heterocycles. The number of hydrogen-bond acceptors (Lipinski definition) is 4. The number of amides is 1. The molecule has 0 spiro atoms. The van der Waals surface area contributed by atoms with E-state index in [0.717, 1.165) is 30.9 Å². The third-order valence-electron chi connectivity index (χ3n) is 4.63. The predicted molar refractivity (Wildman–Crippen MR) is 107 cm³/mol. The Kier molecular flexibility index (Phi) is 6.10. The number of hydrogen-bond donors (Lipinski definition) is 2. The second kappa shape index (κ2) is 8.70. The number of benzene rings is 1. The lowest BCUT2D eigenvalue weighted by atomic mass is 10.1. The number of nitrogens with one attached hydrogen (secondary N) is 2. The van der Waals surface area contributed by atoms with Gasteiger partial charge in [-0.2, -0.15) is 0 Å². The predicted octanol–water partition coefficient (Wildman–Crippen LogP) is 4.20. The molecule has 2 aromatic rings. The van der Waals surface area contributed by atoms with Gasteiger partial charge < -0.3 is 15.5 Å². The number of carbonyl (C=O) groups excluding carboxylic acids is 1. The van der Waals surface area contributed by atoms with Crippen molar-refractivity contribution < 1.29 is 4.79 Å². The summed E-state index contributed by atoms with van der Waals surface area (Å²) >= 11 is 0. The second-order valence-electron chi connectivity index (χ2n) is 7.24. The fourth-order valence-corrected chi connectivity index (χ4v) is 3.06. The summed E-state index contributed by atoms with van der Waals surface area (Å²) in [5, 5.41) is 6.24. The van der Waals surface area contributed by atoms with E-state index in [1.807, 2.05) is 6.07 Å². The van der Waals surface area contributed by atoms with Crippen molar-refractivity contribution in [2.45, 2.75) is 33.1 Å². The van der Waals surface area contributed by atoms with Gasteiger partial charge in [0, 0.05) is 31.0 Å². The van der Waals surface area contributed by atoms with E-state index in [4.69, 9.17) is 0 Å². The lowest BCUT2D eigenvalue weighted by molar-refractivity contribution is 0.0947. The van der Waals surface area contributed by atoms with Crippen molar-refractivity contribution in [2.24, 2.45) is 5.92 Å². The summed E-state index contributed by atoms with van der Waals surface area (Å²) in [6.45, 7) is 7.27. The van der Waals surface area contributed by atoms with Crippen molar-refractivity contribution in [2.75, 3.05) is 29.9 Å². The first-order valence-electron chi connectivity index (χ1n) is 9.48. The molecule has 1 fully saturated rings. The zero-order valence-corrected chi connectivity index (χ0v) is 15.7. The zero-order valence-electron chi connectivity index (χ0n) is 15.7. The SMILES string of the molecule is CC(C)CCNC(=O)c1ccc(Nc2ccc(N3CCCC3)cc2)cn1. The summed E-state index contributed by atoms with van der Waals surface area (Å²) in [5.41, 5.74) is 3.62. The molecule has 1 aromatic carbocycles. The van der Waals surface area contributed by atoms with E-state index in [9.17, 15) is 4.79 Å². The van der Waals surface area contributed by atoms with Crippen molar-refractivity contribution in [1.29, 1.82) is 0 Å². The van der Waals surface area contributed by atoms with E-state index in [-0.39, 0.29) is 5.91 Å². The molecular formula is C21H28N4O. The van der Waals surface area contributed by atoms with Crippen LogP contribution < -0.4 is 15.5 Å². The highest BCUT2D eigenvalue weighted by Crippen LogP contribution is 2.23. The second-order valence-corrected chi connectivity index (χ2v) is 7.24. The largest absolute Gasteiger partial charge is 0.372 e. The maximum atomic E-state index is 12.1. The van der Waals surface area contributed by atoms with Crippen LogP contribution in [0.4, 0.5) is 17.1 Å². The molecule has 5 nitrogen and oxygen atoms in total. The lowest BCUT2D eigenvalue weighted by Gasteiger charge is -2.18. The van der Waals surface area contributed by atoms with Crippen LogP contribution in [-0.2, 0) is 0 Å².